The van der Waals surface area contributed by atoms with Gasteiger partial charge in [0.2, 0.25) is 0 Å². The van der Waals surface area contributed by atoms with Crippen LogP contribution in [0.15, 0.2) is 48.7 Å². The Morgan fingerprint density at radius 2 is 2.09 bits per heavy atom. The molecule has 4 nitrogen and oxygen atoms in total. The zero-order chi connectivity index (χ0) is 15.2. The molecule has 1 unspecified atom stereocenters. The summed E-state index contributed by atoms with van der Waals surface area (Å²) >= 11 is 0. The smallest absolute Gasteiger partial charge is 0.130 e. The summed E-state index contributed by atoms with van der Waals surface area (Å²) in [5, 5.41) is 3.47. The van der Waals surface area contributed by atoms with Crippen molar-refractivity contribution < 1.29 is 4.74 Å². The molecule has 0 bridgehead atoms. The van der Waals surface area contributed by atoms with Crippen molar-refractivity contribution in [2.24, 2.45) is 0 Å². The molecular weight excluding hydrogens is 274 g/mol. The average Bonchev–Trinajstić information content (AvgIpc) is 2.55. The van der Waals surface area contributed by atoms with Crippen LogP contribution in [0.2, 0.25) is 0 Å². The number of ether oxygens (including phenoxy) is 1. The number of aromatic nitrogens is 1. The molecule has 1 aromatic carbocycles. The van der Waals surface area contributed by atoms with Crippen LogP contribution < -0.4 is 10.1 Å². The molecule has 1 N–H and O–H groups in total. The number of hydrogen-bond donors (Lipinski definition) is 1. The molecule has 22 heavy (non-hydrogen) atoms. The molecule has 2 heterocycles. The van der Waals surface area contributed by atoms with Gasteiger partial charge in [0, 0.05) is 38.4 Å². The van der Waals surface area contributed by atoms with Gasteiger partial charge in [-0.3, -0.25) is 9.88 Å². The first-order valence-corrected chi connectivity index (χ1v) is 7.87. The quantitative estimate of drug-likeness (QED) is 0.920. The van der Waals surface area contributed by atoms with Gasteiger partial charge in [-0.15, -0.1) is 0 Å². The summed E-state index contributed by atoms with van der Waals surface area (Å²) in [6.07, 6.45) is 1.79. The Bertz CT molecular complexity index is 571. The molecule has 0 spiro atoms. The van der Waals surface area contributed by atoms with Gasteiger partial charge in [0.1, 0.15) is 12.4 Å². The van der Waals surface area contributed by atoms with Gasteiger partial charge in [-0.25, -0.2) is 0 Å². The zero-order valence-electron chi connectivity index (χ0n) is 13.0. The molecule has 1 aliphatic heterocycles. The topological polar surface area (TPSA) is 37.4 Å². The Morgan fingerprint density at radius 3 is 2.82 bits per heavy atom. The van der Waals surface area contributed by atoms with E-state index in [0.717, 1.165) is 37.6 Å². The summed E-state index contributed by atoms with van der Waals surface area (Å²) in [5.74, 6) is 0.892. The molecule has 1 atom stereocenters. The van der Waals surface area contributed by atoms with Gasteiger partial charge in [0.25, 0.3) is 0 Å². The number of nitrogens with zero attached hydrogens (tertiary/aromatic N) is 2. The van der Waals surface area contributed by atoms with Crippen LogP contribution in [0, 0.1) is 0 Å². The lowest BCUT2D eigenvalue weighted by atomic mass is 10.1. The highest BCUT2D eigenvalue weighted by molar-refractivity contribution is 5.27. The molecule has 1 saturated heterocycles. The molecule has 0 aliphatic carbocycles. The lowest BCUT2D eigenvalue weighted by Crippen LogP contribution is -2.48. The summed E-state index contributed by atoms with van der Waals surface area (Å²) in [4.78, 5) is 6.75. The summed E-state index contributed by atoms with van der Waals surface area (Å²) in [6, 6.07) is 14.8. The van der Waals surface area contributed by atoms with Crippen LogP contribution in [0.5, 0.6) is 5.75 Å². The van der Waals surface area contributed by atoms with Crippen LogP contribution in [0.4, 0.5) is 0 Å². The maximum absolute atomic E-state index is 5.77. The third kappa shape index (κ3) is 4.29. The minimum Gasteiger partial charge on any atom is -0.487 e. The van der Waals surface area contributed by atoms with Crippen molar-refractivity contribution >= 4 is 0 Å². The van der Waals surface area contributed by atoms with Crippen molar-refractivity contribution in [2.45, 2.75) is 26.1 Å². The van der Waals surface area contributed by atoms with E-state index in [9.17, 15) is 0 Å². The van der Waals surface area contributed by atoms with Crippen molar-refractivity contribution in [2.75, 3.05) is 19.6 Å². The first kappa shape index (κ1) is 15.0. The fraction of sp³-hybridized carbons (Fsp3) is 0.389. The second-order valence-electron chi connectivity index (χ2n) is 5.84. The van der Waals surface area contributed by atoms with Crippen LogP contribution in [-0.4, -0.2) is 35.6 Å². The number of nitrogens with one attached hydrogen (secondary N) is 1. The number of pyridine rings is 1. The predicted octanol–water partition coefficient (Wildman–Crippen LogP) is 2.45. The van der Waals surface area contributed by atoms with E-state index < -0.39 is 0 Å². The molecule has 1 aromatic heterocycles. The monoisotopic (exact) mass is 297 g/mol. The Balaban J connectivity index is 1.51. The van der Waals surface area contributed by atoms with Crippen molar-refractivity contribution in [3.8, 4) is 5.75 Å². The van der Waals surface area contributed by atoms with Crippen molar-refractivity contribution in [3.63, 3.8) is 0 Å². The number of hydrogen-bond acceptors (Lipinski definition) is 4. The van der Waals surface area contributed by atoms with E-state index in [2.05, 4.69) is 34.3 Å². The average molecular weight is 297 g/mol. The highest BCUT2D eigenvalue weighted by Crippen LogP contribution is 2.15. The number of rotatable bonds is 5. The van der Waals surface area contributed by atoms with Gasteiger partial charge in [-0.05, 0) is 36.8 Å². The fourth-order valence-corrected chi connectivity index (χ4v) is 2.75. The summed E-state index contributed by atoms with van der Waals surface area (Å²) in [6.45, 7) is 7.05. The first-order valence-electron chi connectivity index (χ1n) is 7.87. The Morgan fingerprint density at radius 1 is 1.23 bits per heavy atom. The highest BCUT2D eigenvalue weighted by atomic mass is 16.5. The minimum atomic E-state index is 0.509. The second-order valence-corrected chi connectivity index (χ2v) is 5.84. The van der Waals surface area contributed by atoms with E-state index in [1.165, 1.54) is 5.56 Å². The summed E-state index contributed by atoms with van der Waals surface area (Å²) in [7, 11) is 0. The van der Waals surface area contributed by atoms with E-state index in [-0.39, 0.29) is 0 Å². The molecule has 0 saturated carbocycles. The highest BCUT2D eigenvalue weighted by Gasteiger charge is 2.15. The van der Waals surface area contributed by atoms with E-state index in [0.29, 0.717) is 12.6 Å². The molecule has 2 aromatic rings. The number of piperazine rings is 1. The van der Waals surface area contributed by atoms with Gasteiger partial charge in [-0.2, -0.15) is 0 Å². The molecule has 3 rings (SSSR count). The number of benzene rings is 1. The minimum absolute atomic E-state index is 0.509. The van der Waals surface area contributed by atoms with Gasteiger partial charge in [0.05, 0.1) is 5.69 Å². The van der Waals surface area contributed by atoms with Crippen LogP contribution in [0.1, 0.15) is 18.2 Å². The third-order valence-corrected chi connectivity index (χ3v) is 3.90. The van der Waals surface area contributed by atoms with Gasteiger partial charge < -0.3 is 10.1 Å². The largest absolute Gasteiger partial charge is 0.487 e. The van der Waals surface area contributed by atoms with Crippen LogP contribution in [0.3, 0.4) is 0 Å². The van der Waals surface area contributed by atoms with Gasteiger partial charge in [0.15, 0.2) is 0 Å². The Hall–Kier alpha value is -1.91. The van der Waals surface area contributed by atoms with Crippen molar-refractivity contribution in [1.29, 1.82) is 0 Å². The van der Waals surface area contributed by atoms with E-state index in [1.54, 1.807) is 6.20 Å². The van der Waals surface area contributed by atoms with Crippen LogP contribution >= 0.6 is 0 Å². The SMILES string of the molecule is CC1CN(Cc2ccc(OCc3ccccn3)cc2)CCN1. The van der Waals surface area contributed by atoms with Gasteiger partial charge in [-0.1, -0.05) is 18.2 Å². The van der Waals surface area contributed by atoms with Crippen molar-refractivity contribution in [3.05, 3.63) is 59.9 Å². The zero-order valence-corrected chi connectivity index (χ0v) is 13.0. The van der Waals surface area contributed by atoms with E-state index in [1.807, 2.05) is 30.3 Å². The molecule has 116 valence electrons. The molecule has 4 heteroatoms. The maximum Gasteiger partial charge on any atom is 0.130 e. The van der Waals surface area contributed by atoms with Gasteiger partial charge >= 0.3 is 0 Å². The Labute approximate surface area is 132 Å². The van der Waals surface area contributed by atoms with E-state index in [4.69, 9.17) is 4.74 Å². The van der Waals surface area contributed by atoms with Crippen LogP contribution in [-0.2, 0) is 13.2 Å². The molecular formula is C18H23N3O. The lowest BCUT2D eigenvalue weighted by Gasteiger charge is -2.31. The molecule has 1 aliphatic rings. The van der Waals surface area contributed by atoms with Crippen molar-refractivity contribution in [1.82, 2.24) is 15.2 Å². The van der Waals surface area contributed by atoms with E-state index >= 15 is 0 Å². The fourth-order valence-electron chi connectivity index (χ4n) is 2.75. The third-order valence-electron chi connectivity index (χ3n) is 3.90. The summed E-state index contributed by atoms with van der Waals surface area (Å²) in [5.41, 5.74) is 2.28. The molecule has 1 fully saturated rings. The molecule has 0 amide bonds. The first-order chi connectivity index (χ1) is 10.8. The second kappa shape index (κ2) is 7.38. The van der Waals surface area contributed by atoms with Crippen LogP contribution in [0.25, 0.3) is 0 Å². The predicted molar refractivity (Wildman–Crippen MR) is 87.8 cm³/mol. The maximum atomic E-state index is 5.77. The Kier molecular flexibility index (Phi) is 5.03. The lowest BCUT2D eigenvalue weighted by molar-refractivity contribution is 0.199. The normalized spacial score (nSPS) is 19.0. The standard InChI is InChI=1S/C18H23N3O/c1-15-12-21(11-10-19-15)13-16-5-7-18(8-6-16)22-14-17-4-2-3-9-20-17/h2-9,15,19H,10-14H2,1H3. The molecule has 0 radical (unpaired) electrons. The summed E-state index contributed by atoms with van der Waals surface area (Å²) < 4.78 is 5.77.